The highest BCUT2D eigenvalue weighted by Gasteiger charge is 2.38. The molecular formula is C24H23F3N4O3S. The monoisotopic (exact) mass is 504 g/mol. The van der Waals surface area contributed by atoms with Crippen LogP contribution in [0.15, 0.2) is 70.2 Å². The highest BCUT2D eigenvalue weighted by Crippen LogP contribution is 2.35. The second-order valence-electron chi connectivity index (χ2n) is 8.66. The molecule has 0 bridgehead atoms. The average Bonchev–Trinajstić information content (AvgIpc) is 3.05. The summed E-state index contributed by atoms with van der Waals surface area (Å²) in [7, 11) is -3.90. The molecule has 7 nitrogen and oxygen atoms in total. The number of benzene rings is 1. The van der Waals surface area contributed by atoms with Crippen LogP contribution in [0.4, 0.5) is 13.2 Å². The molecule has 0 fully saturated rings. The number of rotatable bonds is 3. The van der Waals surface area contributed by atoms with Crippen molar-refractivity contribution in [2.45, 2.75) is 30.8 Å². The van der Waals surface area contributed by atoms with E-state index in [4.69, 9.17) is 0 Å². The zero-order chi connectivity index (χ0) is 25.0. The van der Waals surface area contributed by atoms with Crippen molar-refractivity contribution in [3.05, 3.63) is 87.6 Å². The summed E-state index contributed by atoms with van der Waals surface area (Å²) in [6.07, 6.45) is 2.81. The third kappa shape index (κ3) is 4.03. The lowest BCUT2D eigenvalue weighted by Gasteiger charge is -2.29. The third-order valence-corrected chi connectivity index (χ3v) is 8.18. The van der Waals surface area contributed by atoms with Crippen molar-refractivity contribution in [1.82, 2.24) is 19.4 Å². The van der Waals surface area contributed by atoms with Gasteiger partial charge in [-0.3, -0.25) is 14.2 Å². The Morgan fingerprint density at radius 3 is 2.51 bits per heavy atom. The molecule has 0 saturated carbocycles. The van der Waals surface area contributed by atoms with Gasteiger partial charge in [0, 0.05) is 24.2 Å². The Bertz CT molecular complexity index is 1460. The Hall–Kier alpha value is -3.47. The number of fused-ring (bicyclic) bond motifs is 2. The van der Waals surface area contributed by atoms with Crippen LogP contribution >= 0.6 is 0 Å². The molecule has 1 aromatic heterocycles. The van der Waals surface area contributed by atoms with Crippen LogP contribution in [0.5, 0.6) is 0 Å². The number of nitrogens with zero attached hydrogens (tertiary/aromatic N) is 2. The number of sulfonamides is 1. The molecule has 35 heavy (non-hydrogen) atoms. The second-order valence-corrected chi connectivity index (χ2v) is 10.5. The summed E-state index contributed by atoms with van der Waals surface area (Å²) < 4.78 is 68.6. The molecule has 1 aromatic carbocycles. The minimum atomic E-state index is -4.35. The topological polar surface area (TPSA) is 87.2 Å². The van der Waals surface area contributed by atoms with E-state index in [1.807, 2.05) is 13.0 Å². The fraction of sp³-hybridized carbons (Fsp3) is 0.292. The molecule has 0 radical (unpaired) electrons. The van der Waals surface area contributed by atoms with Gasteiger partial charge in [-0.05, 0) is 38.0 Å². The summed E-state index contributed by atoms with van der Waals surface area (Å²) in [5.74, 6) is -1.24. The molecule has 1 unspecified atom stereocenters. The predicted molar refractivity (Wildman–Crippen MR) is 125 cm³/mol. The van der Waals surface area contributed by atoms with Gasteiger partial charge in [-0.2, -0.15) is 13.2 Å². The van der Waals surface area contributed by atoms with Gasteiger partial charge in [-0.1, -0.05) is 42.0 Å². The smallest absolute Gasteiger partial charge is 0.367 e. The Balaban J connectivity index is 1.56. The summed E-state index contributed by atoms with van der Waals surface area (Å²) in [6, 6.07) is 6.56. The van der Waals surface area contributed by atoms with E-state index < -0.39 is 27.7 Å². The van der Waals surface area contributed by atoms with Crippen LogP contribution in [0.2, 0.25) is 0 Å². The molecule has 1 atom stereocenters. The van der Waals surface area contributed by atoms with E-state index in [0.29, 0.717) is 34.9 Å². The van der Waals surface area contributed by atoms with Gasteiger partial charge < -0.3 is 5.32 Å². The first-order chi connectivity index (χ1) is 16.6. The standard InChI is InChI=1S/C24H23F3N4O3S/c1-15-4-10-18(11-5-15)35(33,34)30-14-12-20-21(19-3-2-13-28-22(19)30)29-31(23(20)32)17-8-6-16(7-9-17)24(25,26)27/h2-6,8-11,16,28-29H,7,12-14H2,1H3. The maximum atomic E-state index is 13.5. The Morgan fingerprint density at radius 1 is 1.11 bits per heavy atom. The lowest BCUT2D eigenvalue weighted by atomic mass is 9.99. The Labute approximate surface area is 200 Å². The molecule has 5 rings (SSSR count). The van der Waals surface area contributed by atoms with Crippen LogP contribution < -0.4 is 10.9 Å². The van der Waals surface area contributed by atoms with Crippen LogP contribution in [0.25, 0.3) is 11.3 Å². The number of aryl methyl sites for hydroxylation is 1. The van der Waals surface area contributed by atoms with E-state index in [1.165, 1.54) is 21.1 Å². The van der Waals surface area contributed by atoms with Crippen molar-refractivity contribution in [1.29, 1.82) is 0 Å². The van der Waals surface area contributed by atoms with Crippen molar-refractivity contribution in [2.24, 2.45) is 5.92 Å². The number of H-pyrrole nitrogens is 1. The lowest BCUT2D eigenvalue weighted by molar-refractivity contribution is -0.160. The molecule has 3 aliphatic rings. The van der Waals surface area contributed by atoms with E-state index in [0.717, 1.165) is 11.6 Å². The van der Waals surface area contributed by atoms with Gasteiger partial charge in [-0.15, -0.1) is 0 Å². The van der Waals surface area contributed by atoms with Crippen molar-refractivity contribution in [3.8, 4) is 0 Å². The van der Waals surface area contributed by atoms with Crippen molar-refractivity contribution < 1.29 is 21.6 Å². The van der Waals surface area contributed by atoms with Gasteiger partial charge in [0.05, 0.1) is 22.2 Å². The number of aromatic nitrogens is 2. The maximum Gasteiger partial charge on any atom is 0.395 e. The fourth-order valence-electron chi connectivity index (χ4n) is 4.46. The number of hydrogen-bond acceptors (Lipinski definition) is 4. The quantitative estimate of drug-likeness (QED) is 0.670. The number of alkyl halides is 3. The number of nitrogens with one attached hydrogen (secondary N) is 2. The number of halogens is 3. The van der Waals surface area contributed by atoms with Gasteiger partial charge >= 0.3 is 6.18 Å². The molecule has 2 aromatic rings. The zero-order valence-electron chi connectivity index (χ0n) is 18.8. The first-order valence-corrected chi connectivity index (χ1v) is 12.5. The summed E-state index contributed by atoms with van der Waals surface area (Å²) >= 11 is 0. The molecule has 0 amide bonds. The summed E-state index contributed by atoms with van der Waals surface area (Å²) in [6.45, 7) is 2.31. The number of aromatic amines is 1. The van der Waals surface area contributed by atoms with E-state index in [9.17, 15) is 26.4 Å². The summed E-state index contributed by atoms with van der Waals surface area (Å²) in [5.41, 5.74) is 2.16. The molecule has 11 heteroatoms. The van der Waals surface area contributed by atoms with Crippen molar-refractivity contribution in [3.63, 3.8) is 0 Å². The van der Waals surface area contributed by atoms with Crippen LogP contribution in [0.3, 0.4) is 0 Å². The molecule has 2 N–H and O–H groups in total. The SMILES string of the molecule is Cc1ccc(S(=O)(=O)N2CCc3c([nH]n(C4=CCC(C(F)(F)F)C=C4)c3=O)C3=C2NCC=C3)cc1. The van der Waals surface area contributed by atoms with Crippen LogP contribution in [0.1, 0.15) is 23.2 Å². The lowest BCUT2D eigenvalue weighted by Crippen LogP contribution is -2.39. The van der Waals surface area contributed by atoms with Crippen molar-refractivity contribution >= 4 is 21.3 Å². The van der Waals surface area contributed by atoms with Gasteiger partial charge in [0.2, 0.25) is 0 Å². The van der Waals surface area contributed by atoms with Crippen LogP contribution in [0, 0.1) is 12.8 Å². The van der Waals surface area contributed by atoms with Crippen molar-refractivity contribution in [2.75, 3.05) is 13.1 Å². The molecule has 0 saturated heterocycles. The molecular weight excluding hydrogens is 481 g/mol. The van der Waals surface area contributed by atoms with E-state index in [-0.39, 0.29) is 24.3 Å². The van der Waals surface area contributed by atoms with Gasteiger partial charge in [0.1, 0.15) is 5.82 Å². The minimum absolute atomic E-state index is 0.0288. The minimum Gasteiger partial charge on any atom is -0.367 e. The first-order valence-electron chi connectivity index (χ1n) is 11.1. The largest absolute Gasteiger partial charge is 0.395 e. The van der Waals surface area contributed by atoms with E-state index >= 15 is 0 Å². The fourth-order valence-corrected chi connectivity index (χ4v) is 5.93. The summed E-state index contributed by atoms with van der Waals surface area (Å²) in [5, 5.41) is 6.14. The Kier molecular flexibility index (Phi) is 5.54. The van der Waals surface area contributed by atoms with Gasteiger partial charge in [0.25, 0.3) is 15.6 Å². The van der Waals surface area contributed by atoms with Gasteiger partial charge in [0.15, 0.2) is 0 Å². The predicted octanol–water partition coefficient (Wildman–Crippen LogP) is 3.54. The Morgan fingerprint density at radius 2 is 1.86 bits per heavy atom. The zero-order valence-corrected chi connectivity index (χ0v) is 19.6. The van der Waals surface area contributed by atoms with Crippen LogP contribution in [-0.4, -0.2) is 41.8 Å². The average molecular weight is 505 g/mol. The van der Waals surface area contributed by atoms with Crippen LogP contribution in [-0.2, 0) is 16.4 Å². The molecule has 2 aliphatic heterocycles. The number of hydrogen-bond donors (Lipinski definition) is 2. The normalized spacial score (nSPS) is 20.2. The molecule has 0 spiro atoms. The second kappa shape index (κ2) is 8.33. The maximum absolute atomic E-state index is 13.5. The first kappa shape index (κ1) is 23.3. The van der Waals surface area contributed by atoms with Gasteiger partial charge in [-0.25, -0.2) is 13.1 Å². The number of dihydropyridines is 1. The van der Waals surface area contributed by atoms with E-state index in [1.54, 1.807) is 30.3 Å². The number of allylic oxidation sites excluding steroid dienone is 6. The molecule has 184 valence electrons. The third-order valence-electron chi connectivity index (χ3n) is 6.37. The highest BCUT2D eigenvalue weighted by atomic mass is 32.2. The molecule has 1 aliphatic carbocycles. The molecule has 3 heterocycles. The summed E-state index contributed by atoms with van der Waals surface area (Å²) in [4.78, 5) is 13.4. The highest BCUT2D eigenvalue weighted by molar-refractivity contribution is 7.89. The van der Waals surface area contributed by atoms with E-state index in [2.05, 4.69) is 10.4 Å².